The van der Waals surface area contributed by atoms with Crippen molar-refractivity contribution in [3.05, 3.63) is 68.2 Å². The second-order valence-corrected chi connectivity index (χ2v) is 5.45. The number of anilines is 1. The van der Waals surface area contributed by atoms with Crippen molar-refractivity contribution >= 4 is 39.1 Å². The third kappa shape index (κ3) is 4.13. The van der Waals surface area contributed by atoms with Crippen molar-refractivity contribution in [1.29, 1.82) is 0 Å². The highest BCUT2D eigenvalue weighted by atomic mass is 79.9. The van der Waals surface area contributed by atoms with Crippen LogP contribution in [0.2, 0.25) is 0 Å². The molecule has 0 heterocycles. The predicted molar refractivity (Wildman–Crippen MR) is 86.3 cm³/mol. The van der Waals surface area contributed by atoms with Gasteiger partial charge in [-0.2, -0.15) is 0 Å². The number of ketones is 1. The van der Waals surface area contributed by atoms with Crippen LogP contribution < -0.4 is 5.73 Å². The quantitative estimate of drug-likeness (QED) is 0.281. The number of hydrogen-bond acceptors (Lipinski definition) is 6. The molecule has 0 aliphatic rings. The molecule has 2 aromatic rings. The second-order valence-electron chi connectivity index (χ2n) is 4.54. The highest BCUT2D eigenvalue weighted by Crippen LogP contribution is 2.22. The van der Waals surface area contributed by atoms with E-state index in [2.05, 4.69) is 15.9 Å². The van der Waals surface area contributed by atoms with Crippen molar-refractivity contribution in [1.82, 2.24) is 0 Å². The summed E-state index contributed by atoms with van der Waals surface area (Å²) in [4.78, 5) is 33.9. The first-order valence-corrected chi connectivity index (χ1v) is 7.17. The molecule has 0 aliphatic carbocycles. The van der Waals surface area contributed by atoms with Crippen LogP contribution in [0, 0.1) is 10.1 Å². The lowest BCUT2D eigenvalue weighted by Gasteiger charge is -2.05. The molecule has 0 bridgehead atoms. The van der Waals surface area contributed by atoms with Gasteiger partial charge in [-0.3, -0.25) is 14.9 Å². The van der Waals surface area contributed by atoms with E-state index in [4.69, 9.17) is 10.5 Å². The fraction of sp³-hybridized carbons (Fsp3) is 0.0667. The maximum Gasteiger partial charge on any atom is 0.338 e. The maximum atomic E-state index is 11.9. The average molecular weight is 379 g/mol. The van der Waals surface area contributed by atoms with Gasteiger partial charge in [0.25, 0.3) is 5.69 Å². The van der Waals surface area contributed by atoms with Crippen molar-refractivity contribution < 1.29 is 19.2 Å². The number of carbonyl (C=O) groups excluding carboxylic acids is 2. The first-order valence-electron chi connectivity index (χ1n) is 6.38. The lowest BCUT2D eigenvalue weighted by Crippen LogP contribution is -2.14. The van der Waals surface area contributed by atoms with E-state index in [9.17, 15) is 19.7 Å². The minimum absolute atomic E-state index is 0.0468. The molecule has 2 N–H and O–H groups in total. The summed E-state index contributed by atoms with van der Waals surface area (Å²) in [5, 5.41) is 10.8. The van der Waals surface area contributed by atoms with Crippen LogP contribution in [0.15, 0.2) is 46.9 Å². The molecule has 7 nitrogen and oxygen atoms in total. The topological polar surface area (TPSA) is 113 Å². The van der Waals surface area contributed by atoms with E-state index >= 15 is 0 Å². The highest BCUT2D eigenvalue weighted by molar-refractivity contribution is 9.10. The Bertz CT molecular complexity index is 774. The van der Waals surface area contributed by atoms with Crippen molar-refractivity contribution in [2.24, 2.45) is 0 Å². The molecule has 0 fully saturated rings. The molecule has 8 heteroatoms. The molecule has 0 radical (unpaired) electrons. The van der Waals surface area contributed by atoms with Gasteiger partial charge in [0.05, 0.1) is 10.5 Å². The van der Waals surface area contributed by atoms with E-state index < -0.39 is 23.2 Å². The van der Waals surface area contributed by atoms with Gasteiger partial charge < -0.3 is 10.5 Å². The average Bonchev–Trinajstić information content (AvgIpc) is 2.53. The van der Waals surface area contributed by atoms with Gasteiger partial charge in [0, 0.05) is 16.1 Å². The number of benzene rings is 2. The number of nitro benzene ring substituents is 1. The van der Waals surface area contributed by atoms with Crippen LogP contribution in [-0.4, -0.2) is 23.3 Å². The lowest BCUT2D eigenvalue weighted by atomic mass is 10.1. The minimum atomic E-state index is -0.835. The molecule has 23 heavy (non-hydrogen) atoms. The van der Waals surface area contributed by atoms with Gasteiger partial charge in [-0.15, -0.1) is 0 Å². The second kappa shape index (κ2) is 7.01. The first-order chi connectivity index (χ1) is 10.9. The number of halogens is 1. The number of nitrogen functional groups attached to an aromatic ring is 1. The number of nitro groups is 1. The van der Waals surface area contributed by atoms with Gasteiger partial charge in [0.2, 0.25) is 0 Å². The Morgan fingerprint density at radius 1 is 1.13 bits per heavy atom. The fourth-order valence-corrected chi connectivity index (χ4v) is 2.03. The minimum Gasteiger partial charge on any atom is -0.454 e. The first kappa shape index (κ1) is 16.6. The van der Waals surface area contributed by atoms with E-state index in [1.807, 2.05) is 0 Å². The van der Waals surface area contributed by atoms with E-state index in [0.29, 0.717) is 5.56 Å². The molecule has 0 unspecified atom stereocenters. The zero-order chi connectivity index (χ0) is 17.0. The summed E-state index contributed by atoms with van der Waals surface area (Å²) in [7, 11) is 0. The van der Waals surface area contributed by atoms with Crippen molar-refractivity contribution in [3.8, 4) is 0 Å². The van der Waals surface area contributed by atoms with Gasteiger partial charge >= 0.3 is 5.97 Å². The van der Waals surface area contributed by atoms with E-state index in [-0.39, 0.29) is 17.0 Å². The van der Waals surface area contributed by atoms with Gasteiger partial charge in [-0.1, -0.05) is 28.1 Å². The summed E-state index contributed by atoms with van der Waals surface area (Å²) in [6.07, 6.45) is 0. The summed E-state index contributed by atoms with van der Waals surface area (Å²) in [5.41, 5.74) is 5.35. The SMILES string of the molecule is Nc1ccc(C(=O)OCC(=O)c2ccc(Br)cc2)cc1[N+](=O)[O-]. The van der Waals surface area contributed by atoms with E-state index in [1.165, 1.54) is 12.1 Å². The molecule has 0 aromatic heterocycles. The molecule has 0 aliphatic heterocycles. The molecule has 118 valence electrons. The fourth-order valence-electron chi connectivity index (χ4n) is 1.76. The number of ether oxygens (including phenoxy) is 1. The van der Waals surface area contributed by atoms with Crippen LogP contribution in [0.25, 0.3) is 0 Å². The number of hydrogen-bond donors (Lipinski definition) is 1. The zero-order valence-electron chi connectivity index (χ0n) is 11.7. The highest BCUT2D eigenvalue weighted by Gasteiger charge is 2.17. The summed E-state index contributed by atoms with van der Waals surface area (Å²) >= 11 is 3.25. The van der Waals surface area contributed by atoms with Gasteiger partial charge in [-0.25, -0.2) is 4.79 Å². The van der Waals surface area contributed by atoms with Crippen LogP contribution in [0.5, 0.6) is 0 Å². The number of nitrogens with two attached hydrogens (primary N) is 1. The smallest absolute Gasteiger partial charge is 0.338 e. The van der Waals surface area contributed by atoms with Gasteiger partial charge in [-0.05, 0) is 24.3 Å². The summed E-state index contributed by atoms with van der Waals surface area (Å²) < 4.78 is 5.71. The zero-order valence-corrected chi connectivity index (χ0v) is 13.3. The molecule has 0 amide bonds. The number of rotatable bonds is 5. The predicted octanol–water partition coefficient (Wildman–Crippen LogP) is 2.98. The third-order valence-electron chi connectivity index (χ3n) is 2.96. The third-order valence-corrected chi connectivity index (χ3v) is 3.49. The number of carbonyl (C=O) groups is 2. The molecule has 0 saturated heterocycles. The summed E-state index contributed by atoms with van der Waals surface area (Å²) in [5.74, 6) is -1.21. The Morgan fingerprint density at radius 2 is 1.74 bits per heavy atom. The van der Waals surface area contributed by atoms with Crippen LogP contribution in [0.3, 0.4) is 0 Å². The Balaban J connectivity index is 2.05. The van der Waals surface area contributed by atoms with Crippen molar-refractivity contribution in [3.63, 3.8) is 0 Å². The van der Waals surface area contributed by atoms with Crippen molar-refractivity contribution in [2.45, 2.75) is 0 Å². The molecular weight excluding hydrogens is 368 g/mol. The lowest BCUT2D eigenvalue weighted by molar-refractivity contribution is -0.383. The molecule has 2 aromatic carbocycles. The van der Waals surface area contributed by atoms with E-state index in [1.54, 1.807) is 24.3 Å². The van der Waals surface area contributed by atoms with Gasteiger partial charge in [0.15, 0.2) is 12.4 Å². The standard InChI is InChI=1S/C15H11BrN2O5/c16-11-4-1-9(2-5-11)14(19)8-23-15(20)10-3-6-12(17)13(7-10)18(21)22/h1-7H,8,17H2. The molecule has 0 saturated carbocycles. The largest absolute Gasteiger partial charge is 0.454 e. The van der Waals surface area contributed by atoms with E-state index in [0.717, 1.165) is 10.5 Å². The number of Topliss-reactive ketones (excluding diaryl/α,β-unsaturated/α-hetero) is 1. The van der Waals surface area contributed by atoms with Gasteiger partial charge in [0.1, 0.15) is 5.69 Å². The van der Waals surface area contributed by atoms with Crippen LogP contribution >= 0.6 is 15.9 Å². The number of esters is 1. The molecule has 0 spiro atoms. The van der Waals surface area contributed by atoms with Crippen LogP contribution in [0.4, 0.5) is 11.4 Å². The molecule has 0 atom stereocenters. The Labute approximate surface area is 139 Å². The summed E-state index contributed by atoms with van der Waals surface area (Å²) in [6, 6.07) is 10.1. The van der Waals surface area contributed by atoms with Crippen molar-refractivity contribution in [2.75, 3.05) is 12.3 Å². The van der Waals surface area contributed by atoms with Crippen LogP contribution in [-0.2, 0) is 4.74 Å². The Kier molecular flexibility index (Phi) is 5.07. The summed E-state index contributed by atoms with van der Waals surface area (Å²) in [6.45, 7) is -0.460. The number of nitrogens with zero attached hydrogens (tertiary/aromatic N) is 1. The Morgan fingerprint density at radius 3 is 2.35 bits per heavy atom. The monoisotopic (exact) mass is 378 g/mol. The normalized spacial score (nSPS) is 10.1. The molecule has 2 rings (SSSR count). The van der Waals surface area contributed by atoms with Crippen LogP contribution in [0.1, 0.15) is 20.7 Å². The maximum absolute atomic E-state index is 11.9. The Hall–Kier alpha value is -2.74. The molecular formula is C15H11BrN2O5.